The van der Waals surface area contributed by atoms with Crippen molar-refractivity contribution >= 4 is 17.7 Å². The van der Waals surface area contributed by atoms with Crippen LogP contribution in [0, 0.1) is 5.92 Å². The lowest BCUT2D eigenvalue weighted by molar-refractivity contribution is -0.114. The van der Waals surface area contributed by atoms with Crippen LogP contribution < -0.4 is 5.73 Å². The van der Waals surface area contributed by atoms with Gasteiger partial charge in [-0.2, -0.15) is 0 Å². The standard InChI is InChI=1S/C12H15NOS/c13-11-7-9(6-10(11)12(14)15)8-4-2-1-3-5-8/h1-5,9-11H,6-7,13H2,(H,14,15). The summed E-state index contributed by atoms with van der Waals surface area (Å²) in [4.78, 5) is 11.2. The van der Waals surface area contributed by atoms with Crippen LogP contribution in [0.5, 0.6) is 0 Å². The second-order valence-corrected chi connectivity index (χ2v) is 4.63. The number of benzene rings is 1. The Balaban J connectivity index is 2.13. The van der Waals surface area contributed by atoms with Gasteiger partial charge >= 0.3 is 0 Å². The van der Waals surface area contributed by atoms with Gasteiger partial charge in [-0.1, -0.05) is 30.3 Å². The van der Waals surface area contributed by atoms with Crippen LogP contribution in [0.25, 0.3) is 0 Å². The van der Waals surface area contributed by atoms with E-state index in [0.717, 1.165) is 12.8 Å². The quantitative estimate of drug-likeness (QED) is 0.750. The summed E-state index contributed by atoms with van der Waals surface area (Å²) in [5.74, 6) is 0.348. The molecular formula is C12H15NOS. The van der Waals surface area contributed by atoms with Gasteiger partial charge in [0, 0.05) is 12.0 Å². The van der Waals surface area contributed by atoms with E-state index in [1.54, 1.807) is 0 Å². The second-order valence-electron chi connectivity index (χ2n) is 4.19. The number of hydrogen-bond donors (Lipinski definition) is 2. The van der Waals surface area contributed by atoms with Crippen LogP contribution in [-0.4, -0.2) is 11.2 Å². The Labute approximate surface area is 95.3 Å². The molecule has 1 aliphatic carbocycles. The number of nitrogens with two attached hydrogens (primary N) is 1. The highest BCUT2D eigenvalue weighted by Crippen LogP contribution is 2.38. The summed E-state index contributed by atoms with van der Waals surface area (Å²) in [6.07, 6.45) is 1.73. The monoisotopic (exact) mass is 221 g/mol. The van der Waals surface area contributed by atoms with E-state index in [1.165, 1.54) is 5.56 Å². The van der Waals surface area contributed by atoms with Crippen molar-refractivity contribution in [3.63, 3.8) is 0 Å². The van der Waals surface area contributed by atoms with E-state index in [9.17, 15) is 4.79 Å². The second kappa shape index (κ2) is 4.37. The first-order valence-electron chi connectivity index (χ1n) is 5.22. The molecule has 3 unspecified atom stereocenters. The zero-order valence-corrected chi connectivity index (χ0v) is 9.36. The van der Waals surface area contributed by atoms with Gasteiger partial charge in [0.25, 0.3) is 0 Å². The molecule has 1 fully saturated rings. The van der Waals surface area contributed by atoms with Gasteiger partial charge in [-0.05, 0) is 24.3 Å². The van der Waals surface area contributed by atoms with Gasteiger partial charge in [0.1, 0.15) is 0 Å². The van der Waals surface area contributed by atoms with Crippen LogP contribution in [-0.2, 0) is 4.79 Å². The number of hydrogen-bond acceptors (Lipinski definition) is 2. The van der Waals surface area contributed by atoms with Crippen LogP contribution >= 0.6 is 12.6 Å². The van der Waals surface area contributed by atoms with Crippen molar-refractivity contribution in [2.45, 2.75) is 24.8 Å². The van der Waals surface area contributed by atoms with Crippen molar-refractivity contribution in [1.82, 2.24) is 0 Å². The minimum atomic E-state index is -0.0708. The van der Waals surface area contributed by atoms with Gasteiger partial charge < -0.3 is 5.73 Å². The van der Waals surface area contributed by atoms with Crippen molar-refractivity contribution in [3.05, 3.63) is 35.9 Å². The highest BCUT2D eigenvalue weighted by Gasteiger charge is 2.35. The molecular weight excluding hydrogens is 206 g/mol. The van der Waals surface area contributed by atoms with E-state index in [0.29, 0.717) is 5.92 Å². The van der Waals surface area contributed by atoms with E-state index >= 15 is 0 Å². The molecule has 80 valence electrons. The number of carbonyl (C=O) groups excluding carboxylic acids is 1. The van der Waals surface area contributed by atoms with Crippen molar-refractivity contribution in [2.75, 3.05) is 0 Å². The van der Waals surface area contributed by atoms with Crippen LogP contribution in [0.1, 0.15) is 24.3 Å². The van der Waals surface area contributed by atoms with Gasteiger partial charge in [0.05, 0.1) is 0 Å². The molecule has 0 radical (unpaired) electrons. The summed E-state index contributed by atoms with van der Waals surface area (Å²) in [6.45, 7) is 0. The van der Waals surface area contributed by atoms with Gasteiger partial charge in [0.15, 0.2) is 5.12 Å². The molecule has 1 saturated carbocycles. The number of thiol groups is 1. The summed E-state index contributed by atoms with van der Waals surface area (Å²) in [5, 5.41) is -0.0686. The Kier molecular flexibility index (Phi) is 3.12. The molecule has 0 aliphatic heterocycles. The van der Waals surface area contributed by atoms with Crippen LogP contribution in [0.15, 0.2) is 30.3 Å². The lowest BCUT2D eigenvalue weighted by Crippen LogP contribution is -2.28. The van der Waals surface area contributed by atoms with Crippen molar-refractivity contribution in [3.8, 4) is 0 Å². The molecule has 15 heavy (non-hydrogen) atoms. The zero-order valence-electron chi connectivity index (χ0n) is 8.47. The van der Waals surface area contributed by atoms with E-state index in [1.807, 2.05) is 18.2 Å². The zero-order chi connectivity index (χ0) is 10.8. The van der Waals surface area contributed by atoms with Crippen molar-refractivity contribution in [2.24, 2.45) is 11.7 Å². The first-order valence-corrected chi connectivity index (χ1v) is 5.66. The fourth-order valence-electron chi connectivity index (χ4n) is 2.35. The first kappa shape index (κ1) is 10.7. The van der Waals surface area contributed by atoms with E-state index in [-0.39, 0.29) is 17.1 Å². The SMILES string of the molecule is NC1CC(c2ccccc2)CC1C(=O)S. The molecule has 0 amide bonds. The summed E-state index contributed by atoms with van der Waals surface area (Å²) in [7, 11) is 0. The molecule has 0 saturated heterocycles. The fourth-order valence-corrected chi connectivity index (χ4v) is 2.65. The van der Waals surface area contributed by atoms with Gasteiger partial charge in [-0.3, -0.25) is 4.79 Å². The maximum Gasteiger partial charge on any atom is 0.190 e. The topological polar surface area (TPSA) is 43.1 Å². The van der Waals surface area contributed by atoms with Crippen LogP contribution in [0.3, 0.4) is 0 Å². The van der Waals surface area contributed by atoms with Gasteiger partial charge in [-0.25, -0.2) is 0 Å². The molecule has 2 rings (SSSR count). The molecule has 1 aromatic carbocycles. The average molecular weight is 221 g/mol. The van der Waals surface area contributed by atoms with E-state index in [4.69, 9.17) is 5.73 Å². The molecule has 2 nitrogen and oxygen atoms in total. The summed E-state index contributed by atoms with van der Waals surface area (Å²) < 4.78 is 0. The van der Waals surface area contributed by atoms with E-state index in [2.05, 4.69) is 24.8 Å². The Hall–Kier alpha value is -0.800. The molecule has 0 bridgehead atoms. The van der Waals surface area contributed by atoms with Gasteiger partial charge in [-0.15, -0.1) is 12.6 Å². The molecule has 0 heterocycles. The summed E-state index contributed by atoms with van der Waals surface area (Å²) >= 11 is 3.89. The molecule has 0 aromatic heterocycles. The number of rotatable bonds is 2. The molecule has 0 spiro atoms. The maximum atomic E-state index is 11.2. The molecule has 3 heteroatoms. The van der Waals surface area contributed by atoms with Crippen molar-refractivity contribution in [1.29, 1.82) is 0 Å². The smallest absolute Gasteiger partial charge is 0.190 e. The van der Waals surface area contributed by atoms with Crippen LogP contribution in [0.4, 0.5) is 0 Å². The third kappa shape index (κ3) is 2.24. The highest BCUT2D eigenvalue weighted by molar-refractivity contribution is 7.96. The third-order valence-corrected chi connectivity index (χ3v) is 3.53. The molecule has 1 aliphatic rings. The summed E-state index contributed by atoms with van der Waals surface area (Å²) in [5.41, 5.74) is 7.22. The molecule has 2 N–H and O–H groups in total. The summed E-state index contributed by atoms with van der Waals surface area (Å²) in [6, 6.07) is 10.2. The van der Waals surface area contributed by atoms with Gasteiger partial charge in [0.2, 0.25) is 0 Å². The first-order chi connectivity index (χ1) is 7.18. The Morgan fingerprint density at radius 1 is 1.27 bits per heavy atom. The van der Waals surface area contributed by atoms with Crippen molar-refractivity contribution < 1.29 is 4.79 Å². The van der Waals surface area contributed by atoms with E-state index < -0.39 is 0 Å². The fraction of sp³-hybridized carbons (Fsp3) is 0.417. The Bertz CT molecular complexity index is 352. The minimum Gasteiger partial charge on any atom is -0.327 e. The number of carbonyl (C=O) groups is 1. The highest BCUT2D eigenvalue weighted by atomic mass is 32.1. The Morgan fingerprint density at radius 3 is 2.47 bits per heavy atom. The lowest BCUT2D eigenvalue weighted by atomic mass is 9.97. The molecule has 3 atom stereocenters. The Morgan fingerprint density at radius 2 is 1.93 bits per heavy atom. The normalized spacial score (nSPS) is 30.4. The third-order valence-electron chi connectivity index (χ3n) is 3.20. The predicted molar refractivity (Wildman–Crippen MR) is 63.9 cm³/mol. The predicted octanol–water partition coefficient (Wildman–Crippen LogP) is 1.96. The minimum absolute atomic E-state index is 0.0276. The molecule has 1 aromatic rings. The lowest BCUT2D eigenvalue weighted by Gasteiger charge is -2.09. The van der Waals surface area contributed by atoms with Crippen LogP contribution in [0.2, 0.25) is 0 Å². The largest absolute Gasteiger partial charge is 0.327 e. The maximum absolute atomic E-state index is 11.2. The average Bonchev–Trinajstić information content (AvgIpc) is 2.62.